The van der Waals surface area contributed by atoms with E-state index in [0.29, 0.717) is 18.6 Å². The summed E-state index contributed by atoms with van der Waals surface area (Å²) in [5.41, 5.74) is 0.190. The molecule has 6 nitrogen and oxygen atoms in total. The van der Waals surface area contributed by atoms with Gasteiger partial charge in [-0.3, -0.25) is 4.79 Å². The highest BCUT2D eigenvalue weighted by Crippen LogP contribution is 2.64. The number of halogens is 2. The molecule has 3 fully saturated rings. The number of phenols is 1. The van der Waals surface area contributed by atoms with Crippen LogP contribution in [-0.2, 0) is 4.79 Å². The normalized spacial score (nSPS) is 37.9. The second kappa shape index (κ2) is 8.41. The van der Waals surface area contributed by atoms with Crippen molar-refractivity contribution in [3.8, 4) is 23.6 Å². The molecule has 1 aromatic carbocycles. The summed E-state index contributed by atoms with van der Waals surface area (Å²) >= 11 is 12.7. The zero-order valence-electron chi connectivity index (χ0n) is 19.8. The van der Waals surface area contributed by atoms with Crippen molar-refractivity contribution in [2.75, 3.05) is 0 Å². The Kier molecular flexibility index (Phi) is 5.87. The molecule has 0 aromatic heterocycles. The van der Waals surface area contributed by atoms with Gasteiger partial charge in [0.1, 0.15) is 45.2 Å². The first-order valence-electron chi connectivity index (χ1n) is 12.2. The lowest BCUT2D eigenvalue weighted by atomic mass is 9.47. The summed E-state index contributed by atoms with van der Waals surface area (Å²) < 4.78 is 6.50. The number of Topliss-reactive ketones (excluding diaryl/α,β-unsaturated/α-hetero) is 1. The number of hydrogen-bond donors (Lipinski definition) is 2. The molecule has 0 spiro atoms. The molecule has 35 heavy (non-hydrogen) atoms. The molecule has 8 heteroatoms. The summed E-state index contributed by atoms with van der Waals surface area (Å²) in [6, 6.07) is 3.79. The lowest BCUT2D eigenvalue weighted by molar-refractivity contribution is -0.135. The molecule has 4 aliphatic rings. The summed E-state index contributed by atoms with van der Waals surface area (Å²) in [5, 5.41) is 39.8. The average Bonchev–Trinajstić information content (AvgIpc) is 3.14. The Morgan fingerprint density at radius 1 is 1.03 bits per heavy atom. The monoisotopic (exact) mass is 514 g/mol. The Hall–Kier alpha value is -2.25. The van der Waals surface area contributed by atoms with Crippen molar-refractivity contribution in [1.29, 1.82) is 10.5 Å². The van der Waals surface area contributed by atoms with E-state index in [0.717, 1.165) is 37.7 Å². The number of aliphatic hydroxyl groups excluding tert-OH is 1. The highest BCUT2D eigenvalue weighted by molar-refractivity contribution is 6.44. The summed E-state index contributed by atoms with van der Waals surface area (Å²) in [6.45, 7) is 4.35. The van der Waals surface area contributed by atoms with Crippen LogP contribution in [-0.4, -0.2) is 28.2 Å². The van der Waals surface area contributed by atoms with Crippen LogP contribution in [0.5, 0.6) is 11.5 Å². The maximum atomic E-state index is 13.0. The minimum absolute atomic E-state index is 0.00455. The fraction of sp³-hybridized carbons (Fsp3) is 0.593. The van der Waals surface area contributed by atoms with Crippen LogP contribution in [0.15, 0.2) is 11.6 Å². The standard InChI is InChI=1S/C27H28Cl2N2O4/c1-26-7-5-14(32)9-13(26)10-19(21-17-3-4-20(33)27(17,2)8-6-18(21)26)35-25-16(12-31)15(11-30)24(34)22(28)23(25)29/h10,14,17-19,21,32,34H,3-9H2,1-2H3/t14-,17-,18-,19?,21-,26-,27-/m0/s1. The van der Waals surface area contributed by atoms with Crippen molar-refractivity contribution in [3.63, 3.8) is 0 Å². The number of nitriles is 2. The lowest BCUT2D eigenvalue weighted by Gasteiger charge is -2.58. The van der Waals surface area contributed by atoms with Crippen molar-refractivity contribution in [3.05, 3.63) is 32.8 Å². The molecule has 0 bridgehead atoms. The van der Waals surface area contributed by atoms with E-state index in [1.165, 1.54) is 0 Å². The lowest BCUT2D eigenvalue weighted by Crippen LogP contribution is -2.56. The number of aliphatic hydroxyl groups is 1. The number of nitrogens with zero attached hydrogens (tertiary/aromatic N) is 2. The van der Waals surface area contributed by atoms with Crippen LogP contribution < -0.4 is 4.74 Å². The highest BCUT2D eigenvalue weighted by atomic mass is 35.5. The zero-order valence-corrected chi connectivity index (χ0v) is 21.3. The number of rotatable bonds is 2. The molecule has 0 amide bonds. The molecular formula is C27H28Cl2N2O4. The molecule has 1 unspecified atom stereocenters. The number of ether oxygens (including phenoxy) is 1. The van der Waals surface area contributed by atoms with Crippen molar-refractivity contribution in [2.24, 2.45) is 28.6 Å². The Bertz CT molecular complexity index is 1230. The third-order valence-electron chi connectivity index (χ3n) is 9.58. The van der Waals surface area contributed by atoms with E-state index < -0.39 is 23.4 Å². The van der Waals surface area contributed by atoms with Crippen LogP contribution in [0, 0.1) is 51.2 Å². The number of aromatic hydroxyl groups is 1. The number of carbonyl (C=O) groups is 1. The summed E-state index contributed by atoms with van der Waals surface area (Å²) in [4.78, 5) is 13.0. The van der Waals surface area contributed by atoms with Gasteiger partial charge in [0, 0.05) is 17.8 Å². The molecular weight excluding hydrogens is 487 g/mol. The fourth-order valence-electron chi connectivity index (χ4n) is 7.61. The largest absolute Gasteiger partial charge is 0.505 e. The predicted octanol–water partition coefficient (Wildman–Crippen LogP) is 5.69. The second-order valence-electron chi connectivity index (χ2n) is 11.1. The van der Waals surface area contributed by atoms with Gasteiger partial charge in [-0.25, -0.2) is 0 Å². The van der Waals surface area contributed by atoms with Crippen molar-refractivity contribution in [1.82, 2.24) is 0 Å². The summed E-state index contributed by atoms with van der Waals surface area (Å²) in [5.74, 6) is 0.103. The Morgan fingerprint density at radius 3 is 2.37 bits per heavy atom. The summed E-state index contributed by atoms with van der Waals surface area (Å²) in [6.07, 6.45) is 6.36. The Labute approximate surface area is 215 Å². The van der Waals surface area contributed by atoms with Gasteiger partial charge < -0.3 is 14.9 Å². The number of hydrogen-bond acceptors (Lipinski definition) is 6. The average molecular weight is 515 g/mol. The van der Waals surface area contributed by atoms with Gasteiger partial charge in [-0.1, -0.05) is 42.6 Å². The van der Waals surface area contributed by atoms with E-state index in [2.05, 4.69) is 19.9 Å². The van der Waals surface area contributed by atoms with Gasteiger partial charge in [-0.15, -0.1) is 0 Å². The van der Waals surface area contributed by atoms with Crippen molar-refractivity contribution >= 4 is 29.0 Å². The predicted molar refractivity (Wildman–Crippen MR) is 130 cm³/mol. The van der Waals surface area contributed by atoms with E-state index in [1.54, 1.807) is 0 Å². The minimum Gasteiger partial charge on any atom is -0.505 e. The number of benzene rings is 1. The number of fused-ring (bicyclic) bond motifs is 5. The fourth-order valence-corrected chi connectivity index (χ4v) is 8.02. The first kappa shape index (κ1) is 24.4. The number of carbonyl (C=O) groups excluding carboxylic acids is 1. The van der Waals surface area contributed by atoms with E-state index >= 15 is 0 Å². The smallest absolute Gasteiger partial charge is 0.159 e. The topological polar surface area (TPSA) is 114 Å². The molecule has 2 N–H and O–H groups in total. The van der Waals surface area contributed by atoms with Gasteiger partial charge in [0.15, 0.2) is 11.5 Å². The third kappa shape index (κ3) is 3.41. The molecule has 3 saturated carbocycles. The minimum atomic E-state index is -0.544. The Balaban J connectivity index is 1.67. The van der Waals surface area contributed by atoms with Crippen molar-refractivity contribution in [2.45, 2.75) is 71.0 Å². The Morgan fingerprint density at radius 2 is 1.69 bits per heavy atom. The second-order valence-corrected chi connectivity index (χ2v) is 11.8. The van der Waals surface area contributed by atoms with Gasteiger partial charge >= 0.3 is 0 Å². The van der Waals surface area contributed by atoms with E-state index in [-0.39, 0.29) is 50.1 Å². The first-order chi connectivity index (χ1) is 16.6. The maximum Gasteiger partial charge on any atom is 0.159 e. The van der Waals surface area contributed by atoms with E-state index in [4.69, 9.17) is 27.9 Å². The van der Waals surface area contributed by atoms with Gasteiger partial charge in [0.05, 0.1) is 6.10 Å². The molecule has 4 aliphatic carbocycles. The third-order valence-corrected chi connectivity index (χ3v) is 10.4. The van der Waals surface area contributed by atoms with E-state index in [9.17, 15) is 25.5 Å². The molecule has 184 valence electrons. The number of ketones is 1. The molecule has 1 aromatic rings. The van der Waals surface area contributed by atoms with Crippen LogP contribution in [0.1, 0.15) is 69.9 Å². The van der Waals surface area contributed by atoms with Crippen molar-refractivity contribution < 1.29 is 19.7 Å². The van der Waals surface area contributed by atoms with Crippen LogP contribution >= 0.6 is 23.2 Å². The molecule has 0 heterocycles. The molecule has 0 saturated heterocycles. The van der Waals surface area contributed by atoms with Crippen LogP contribution in [0.4, 0.5) is 0 Å². The molecule has 5 rings (SSSR count). The van der Waals surface area contributed by atoms with Gasteiger partial charge in [0.25, 0.3) is 0 Å². The molecule has 0 radical (unpaired) electrons. The van der Waals surface area contributed by atoms with Crippen LogP contribution in [0.25, 0.3) is 0 Å². The molecule has 7 atom stereocenters. The first-order valence-corrected chi connectivity index (χ1v) is 13.0. The SMILES string of the molecule is C[C@]12CC[C@H](O)CC1=CC(Oc1c(Cl)c(Cl)c(O)c(C#N)c1C#N)[C@@H]1[C@@H]2CC[C@]2(C)C(=O)CC[C@@H]12. The van der Waals surface area contributed by atoms with E-state index in [1.807, 2.05) is 12.1 Å². The highest BCUT2D eigenvalue weighted by Gasteiger charge is 2.61. The maximum absolute atomic E-state index is 13.0. The zero-order chi connectivity index (χ0) is 25.3. The number of phenolic OH excluding ortho intramolecular Hbond substituents is 1. The van der Waals surface area contributed by atoms with Gasteiger partial charge in [-0.05, 0) is 61.9 Å². The van der Waals surface area contributed by atoms with Gasteiger partial charge in [0.2, 0.25) is 0 Å². The summed E-state index contributed by atoms with van der Waals surface area (Å²) in [7, 11) is 0. The van der Waals surface area contributed by atoms with Crippen LogP contribution in [0.3, 0.4) is 0 Å². The van der Waals surface area contributed by atoms with Crippen LogP contribution in [0.2, 0.25) is 10.0 Å². The van der Waals surface area contributed by atoms with Gasteiger partial charge in [-0.2, -0.15) is 10.5 Å². The molecule has 0 aliphatic heterocycles. The quantitative estimate of drug-likeness (QED) is 0.489.